The van der Waals surface area contributed by atoms with Gasteiger partial charge in [0, 0.05) is 37.9 Å². The van der Waals surface area contributed by atoms with E-state index in [0.29, 0.717) is 23.0 Å². The zero-order valence-electron chi connectivity index (χ0n) is 13.7. The minimum atomic E-state index is 0.0250. The molecule has 1 N–H and O–H groups in total. The number of rotatable bonds is 2. The SMILES string of the molecule is O=C(c1cnn2cccnc12)N1C[C@@H]2CNC[C@@H]2[C@@H]1c1ccccc1. The molecule has 2 aliphatic rings. The van der Waals surface area contributed by atoms with E-state index in [0.717, 1.165) is 19.6 Å². The number of amides is 1. The van der Waals surface area contributed by atoms with Crippen molar-refractivity contribution in [3.8, 4) is 0 Å². The fraction of sp³-hybridized carbons (Fsp3) is 0.316. The summed E-state index contributed by atoms with van der Waals surface area (Å²) in [6.45, 7) is 2.71. The van der Waals surface area contributed by atoms with E-state index in [1.165, 1.54) is 5.56 Å². The van der Waals surface area contributed by atoms with Gasteiger partial charge in [-0.15, -0.1) is 0 Å². The largest absolute Gasteiger partial charge is 0.331 e. The number of nitrogens with one attached hydrogen (secondary N) is 1. The Morgan fingerprint density at radius 3 is 2.92 bits per heavy atom. The maximum absolute atomic E-state index is 13.3. The van der Waals surface area contributed by atoms with Crippen LogP contribution in [0.3, 0.4) is 0 Å². The number of hydrogen-bond acceptors (Lipinski definition) is 4. The summed E-state index contributed by atoms with van der Waals surface area (Å²) in [4.78, 5) is 19.7. The van der Waals surface area contributed by atoms with Gasteiger partial charge >= 0.3 is 0 Å². The highest BCUT2D eigenvalue weighted by Crippen LogP contribution is 2.43. The lowest BCUT2D eigenvalue weighted by Crippen LogP contribution is -2.34. The van der Waals surface area contributed by atoms with E-state index in [2.05, 4.69) is 27.5 Å². The number of carbonyl (C=O) groups is 1. The fourth-order valence-corrected chi connectivity index (χ4v) is 4.34. The van der Waals surface area contributed by atoms with Crippen LogP contribution in [0.5, 0.6) is 0 Å². The predicted octanol–water partition coefficient (Wildman–Crippen LogP) is 1.76. The summed E-state index contributed by atoms with van der Waals surface area (Å²) in [5.74, 6) is 0.988. The third kappa shape index (κ3) is 2.25. The smallest absolute Gasteiger partial charge is 0.259 e. The second-order valence-corrected chi connectivity index (χ2v) is 6.84. The van der Waals surface area contributed by atoms with E-state index in [4.69, 9.17) is 0 Å². The molecule has 6 heteroatoms. The molecule has 0 aliphatic carbocycles. The minimum Gasteiger partial charge on any atom is -0.331 e. The highest BCUT2D eigenvalue weighted by Gasteiger charge is 2.47. The van der Waals surface area contributed by atoms with Crippen LogP contribution < -0.4 is 5.32 Å². The Labute approximate surface area is 145 Å². The summed E-state index contributed by atoms with van der Waals surface area (Å²) in [7, 11) is 0. The van der Waals surface area contributed by atoms with Crippen molar-refractivity contribution >= 4 is 11.6 Å². The zero-order valence-corrected chi connectivity index (χ0v) is 13.7. The van der Waals surface area contributed by atoms with Gasteiger partial charge in [-0.2, -0.15) is 5.10 Å². The van der Waals surface area contributed by atoms with Gasteiger partial charge in [-0.1, -0.05) is 30.3 Å². The first kappa shape index (κ1) is 14.6. The molecule has 3 atom stereocenters. The van der Waals surface area contributed by atoms with Gasteiger partial charge in [0.25, 0.3) is 5.91 Å². The van der Waals surface area contributed by atoms with Gasteiger partial charge in [0.05, 0.1) is 12.2 Å². The third-order valence-electron chi connectivity index (χ3n) is 5.48. The van der Waals surface area contributed by atoms with Crippen molar-refractivity contribution in [3.63, 3.8) is 0 Å². The molecule has 5 rings (SSSR count). The Hall–Kier alpha value is -2.73. The highest BCUT2D eigenvalue weighted by atomic mass is 16.2. The minimum absolute atomic E-state index is 0.0250. The molecular formula is C19H19N5O. The van der Waals surface area contributed by atoms with Crippen LogP contribution in [0.2, 0.25) is 0 Å². The normalized spacial score (nSPS) is 25.4. The topological polar surface area (TPSA) is 62.5 Å². The van der Waals surface area contributed by atoms with E-state index in [1.54, 1.807) is 16.9 Å². The monoisotopic (exact) mass is 333 g/mol. The van der Waals surface area contributed by atoms with E-state index >= 15 is 0 Å². The Morgan fingerprint density at radius 2 is 2.04 bits per heavy atom. The molecule has 0 unspecified atom stereocenters. The molecule has 126 valence electrons. The summed E-state index contributed by atoms with van der Waals surface area (Å²) >= 11 is 0. The first-order valence-corrected chi connectivity index (χ1v) is 8.68. The molecular weight excluding hydrogens is 314 g/mol. The van der Waals surface area contributed by atoms with Crippen LogP contribution in [0.25, 0.3) is 5.65 Å². The predicted molar refractivity (Wildman–Crippen MR) is 93.1 cm³/mol. The van der Waals surface area contributed by atoms with Gasteiger partial charge in [-0.05, 0) is 17.5 Å². The van der Waals surface area contributed by atoms with Crippen LogP contribution in [-0.2, 0) is 0 Å². The second-order valence-electron chi connectivity index (χ2n) is 6.84. The molecule has 25 heavy (non-hydrogen) atoms. The number of likely N-dealkylation sites (tertiary alicyclic amines) is 1. The molecule has 0 saturated carbocycles. The van der Waals surface area contributed by atoms with Crippen molar-refractivity contribution < 1.29 is 4.79 Å². The van der Waals surface area contributed by atoms with Crippen molar-refractivity contribution in [1.82, 2.24) is 24.8 Å². The molecule has 1 amide bonds. The van der Waals surface area contributed by atoms with E-state index in [-0.39, 0.29) is 11.9 Å². The van der Waals surface area contributed by atoms with Crippen molar-refractivity contribution in [3.05, 3.63) is 66.1 Å². The van der Waals surface area contributed by atoms with Gasteiger partial charge in [0.15, 0.2) is 5.65 Å². The summed E-state index contributed by atoms with van der Waals surface area (Å²) in [5.41, 5.74) is 2.40. The van der Waals surface area contributed by atoms with E-state index < -0.39 is 0 Å². The summed E-state index contributed by atoms with van der Waals surface area (Å²) in [5, 5.41) is 7.76. The second kappa shape index (κ2) is 5.67. The third-order valence-corrected chi connectivity index (χ3v) is 5.48. The van der Waals surface area contributed by atoms with Crippen molar-refractivity contribution in [2.75, 3.05) is 19.6 Å². The zero-order chi connectivity index (χ0) is 16.8. The Morgan fingerprint density at radius 1 is 1.16 bits per heavy atom. The quantitative estimate of drug-likeness (QED) is 0.776. The molecule has 6 nitrogen and oxygen atoms in total. The van der Waals surface area contributed by atoms with E-state index in [9.17, 15) is 4.79 Å². The number of aromatic nitrogens is 3. The number of carbonyl (C=O) groups excluding carboxylic acids is 1. The Balaban J connectivity index is 1.56. The summed E-state index contributed by atoms with van der Waals surface area (Å²) < 4.78 is 1.66. The number of nitrogens with zero attached hydrogens (tertiary/aromatic N) is 4. The average Bonchev–Trinajstić information content (AvgIpc) is 3.35. The number of fused-ring (bicyclic) bond motifs is 2. The van der Waals surface area contributed by atoms with Crippen LogP contribution in [0, 0.1) is 11.8 Å². The molecule has 3 aromatic rings. The molecule has 2 aromatic heterocycles. The van der Waals surface area contributed by atoms with Gasteiger partial charge in [-0.25, -0.2) is 9.50 Å². The van der Waals surface area contributed by atoms with Gasteiger partial charge in [0.1, 0.15) is 5.56 Å². The van der Waals surface area contributed by atoms with Crippen LogP contribution in [0.15, 0.2) is 55.0 Å². The van der Waals surface area contributed by atoms with Crippen LogP contribution in [0.1, 0.15) is 22.0 Å². The first-order valence-electron chi connectivity index (χ1n) is 8.68. The molecule has 0 bridgehead atoms. The van der Waals surface area contributed by atoms with Crippen LogP contribution in [0.4, 0.5) is 0 Å². The van der Waals surface area contributed by atoms with E-state index in [1.807, 2.05) is 35.4 Å². The lowest BCUT2D eigenvalue weighted by molar-refractivity contribution is 0.0716. The number of benzene rings is 1. The lowest BCUT2D eigenvalue weighted by atomic mass is 9.89. The summed E-state index contributed by atoms with van der Waals surface area (Å²) in [6, 6.07) is 12.3. The average molecular weight is 333 g/mol. The van der Waals surface area contributed by atoms with Crippen LogP contribution in [-0.4, -0.2) is 45.0 Å². The first-order chi connectivity index (χ1) is 12.3. The molecule has 0 spiro atoms. The van der Waals surface area contributed by atoms with Crippen LogP contribution >= 0.6 is 0 Å². The molecule has 4 heterocycles. The van der Waals surface area contributed by atoms with Crippen molar-refractivity contribution in [2.24, 2.45) is 11.8 Å². The molecule has 2 fully saturated rings. The van der Waals surface area contributed by atoms with Gasteiger partial charge in [-0.3, -0.25) is 4.79 Å². The lowest BCUT2D eigenvalue weighted by Gasteiger charge is -2.28. The fourth-order valence-electron chi connectivity index (χ4n) is 4.34. The number of hydrogen-bond donors (Lipinski definition) is 1. The Kier molecular flexibility index (Phi) is 3.31. The highest BCUT2D eigenvalue weighted by molar-refractivity contribution is 6.00. The van der Waals surface area contributed by atoms with Gasteiger partial charge in [0.2, 0.25) is 0 Å². The summed E-state index contributed by atoms with van der Waals surface area (Å²) in [6.07, 6.45) is 5.15. The molecule has 0 radical (unpaired) electrons. The molecule has 1 aromatic carbocycles. The van der Waals surface area contributed by atoms with Crippen molar-refractivity contribution in [2.45, 2.75) is 6.04 Å². The maximum Gasteiger partial charge on any atom is 0.259 e. The molecule has 2 aliphatic heterocycles. The standard InChI is InChI=1S/C19H19N5O/c25-19(16-11-22-24-8-4-7-21-18(16)24)23-12-14-9-20-10-15(14)17(23)13-5-2-1-3-6-13/h1-8,11,14-15,17,20H,9-10,12H2/t14-,15-,17-/m0/s1. The Bertz CT molecular complexity index is 922. The maximum atomic E-state index is 13.3. The van der Waals surface area contributed by atoms with Gasteiger partial charge < -0.3 is 10.2 Å². The van der Waals surface area contributed by atoms with Crippen molar-refractivity contribution in [1.29, 1.82) is 0 Å². The molecule has 2 saturated heterocycles.